The maximum absolute atomic E-state index is 13.1. The molecule has 1 N–H and O–H groups in total. The molecule has 0 fully saturated rings. The van der Waals surface area contributed by atoms with Crippen molar-refractivity contribution < 1.29 is 27.8 Å². The van der Waals surface area contributed by atoms with Crippen LogP contribution < -0.4 is 19.5 Å². The van der Waals surface area contributed by atoms with Gasteiger partial charge in [0.1, 0.15) is 17.8 Å². The maximum atomic E-state index is 13.1. The minimum Gasteiger partial charge on any atom is -0.494 e. The molecule has 0 saturated carbocycles. The summed E-state index contributed by atoms with van der Waals surface area (Å²) in [5.41, 5.74) is 3.11. The predicted molar refractivity (Wildman–Crippen MR) is 137 cm³/mol. The summed E-state index contributed by atoms with van der Waals surface area (Å²) in [6.45, 7) is 4.64. The van der Waals surface area contributed by atoms with Gasteiger partial charge in [0.15, 0.2) is 17.2 Å². The highest BCUT2D eigenvalue weighted by Gasteiger charge is 2.18. The van der Waals surface area contributed by atoms with E-state index < -0.39 is 0 Å². The molecular formula is C29H28FN3O5. The largest absolute Gasteiger partial charge is 0.494 e. The number of hydrogen-bond acceptors (Lipinski definition) is 7. The summed E-state index contributed by atoms with van der Waals surface area (Å²) in [7, 11) is 0. The molecule has 38 heavy (non-hydrogen) atoms. The Kier molecular flexibility index (Phi) is 7.84. The predicted octanol–water partition coefficient (Wildman–Crippen LogP) is 5.07. The van der Waals surface area contributed by atoms with E-state index in [4.69, 9.17) is 18.6 Å². The average molecular weight is 518 g/mol. The molecule has 4 aromatic rings. The molecule has 5 rings (SSSR count). The van der Waals surface area contributed by atoms with Crippen LogP contribution >= 0.6 is 0 Å². The number of nitrogens with zero attached hydrogens (tertiary/aromatic N) is 2. The van der Waals surface area contributed by atoms with Gasteiger partial charge in [-0.1, -0.05) is 30.3 Å². The molecule has 0 spiro atoms. The third kappa shape index (κ3) is 6.49. The van der Waals surface area contributed by atoms with Crippen LogP contribution in [-0.2, 0) is 26.2 Å². The number of benzene rings is 3. The van der Waals surface area contributed by atoms with Gasteiger partial charge < -0.3 is 23.9 Å². The fraction of sp³-hybridized carbons (Fsp3) is 0.241. The van der Waals surface area contributed by atoms with Crippen LogP contribution in [0.3, 0.4) is 0 Å². The zero-order chi connectivity index (χ0) is 26.3. The van der Waals surface area contributed by atoms with Crippen LogP contribution in [0.5, 0.6) is 17.2 Å². The van der Waals surface area contributed by atoms with Gasteiger partial charge in [-0.15, -0.1) is 0 Å². The van der Waals surface area contributed by atoms with Crippen LogP contribution in [-0.4, -0.2) is 29.2 Å². The number of rotatable bonds is 11. The lowest BCUT2D eigenvalue weighted by molar-refractivity contribution is 0.0945. The van der Waals surface area contributed by atoms with Crippen molar-refractivity contribution in [3.63, 3.8) is 0 Å². The maximum Gasteiger partial charge on any atom is 0.273 e. The van der Waals surface area contributed by atoms with Crippen molar-refractivity contribution in [2.75, 3.05) is 13.4 Å². The number of halogens is 1. The number of carbonyl (C=O) groups excluding carboxylic acids is 1. The number of aromatic nitrogens is 1. The fourth-order valence-electron chi connectivity index (χ4n) is 4.14. The number of oxazole rings is 1. The first kappa shape index (κ1) is 25.3. The van der Waals surface area contributed by atoms with Gasteiger partial charge in [0, 0.05) is 19.6 Å². The van der Waals surface area contributed by atoms with Crippen molar-refractivity contribution in [2.45, 2.75) is 33.1 Å². The number of hydrogen-bond donors (Lipinski definition) is 1. The topological polar surface area (TPSA) is 86.1 Å². The number of fused-ring (bicyclic) bond motifs is 1. The molecule has 1 aromatic heterocycles. The second-order valence-corrected chi connectivity index (χ2v) is 8.85. The zero-order valence-corrected chi connectivity index (χ0v) is 21.0. The molecule has 1 amide bonds. The first-order chi connectivity index (χ1) is 18.6. The number of ether oxygens (including phenoxy) is 3. The van der Waals surface area contributed by atoms with Crippen molar-refractivity contribution in [1.29, 1.82) is 0 Å². The number of nitrogens with one attached hydrogen (secondary N) is 1. The first-order valence-electron chi connectivity index (χ1n) is 12.4. The van der Waals surface area contributed by atoms with Gasteiger partial charge in [-0.25, -0.2) is 9.37 Å². The molecular weight excluding hydrogens is 489 g/mol. The van der Waals surface area contributed by atoms with Crippen molar-refractivity contribution in [1.82, 2.24) is 15.2 Å². The summed E-state index contributed by atoms with van der Waals surface area (Å²) in [6.07, 6.45) is 1.35. The van der Waals surface area contributed by atoms with E-state index in [1.54, 1.807) is 12.1 Å². The lowest BCUT2D eigenvalue weighted by atomic mass is 10.1. The molecule has 0 atom stereocenters. The third-order valence-electron chi connectivity index (χ3n) is 5.99. The molecule has 0 radical (unpaired) electrons. The van der Waals surface area contributed by atoms with Gasteiger partial charge in [0.25, 0.3) is 5.91 Å². The van der Waals surface area contributed by atoms with Gasteiger partial charge in [0.2, 0.25) is 12.7 Å². The lowest BCUT2D eigenvalue weighted by Gasteiger charge is -2.21. The summed E-state index contributed by atoms with van der Waals surface area (Å²) in [5, 5.41) is 2.79. The van der Waals surface area contributed by atoms with Gasteiger partial charge in [-0.2, -0.15) is 0 Å². The summed E-state index contributed by atoms with van der Waals surface area (Å²) in [6, 6.07) is 19.8. The molecule has 3 aromatic carbocycles. The Morgan fingerprint density at radius 1 is 0.947 bits per heavy atom. The average Bonchev–Trinajstić information content (AvgIpc) is 3.59. The van der Waals surface area contributed by atoms with Crippen LogP contribution in [0.25, 0.3) is 0 Å². The highest BCUT2D eigenvalue weighted by molar-refractivity contribution is 5.91. The molecule has 9 heteroatoms. The zero-order valence-electron chi connectivity index (χ0n) is 21.0. The second-order valence-electron chi connectivity index (χ2n) is 8.85. The van der Waals surface area contributed by atoms with E-state index in [9.17, 15) is 9.18 Å². The SMILES string of the molecule is CCOc1ccc(CN(Cc2ccc3c(c2)OCO3)Cc2nc(C(=O)NCc3ccc(F)cc3)co2)cc1. The fourth-order valence-corrected chi connectivity index (χ4v) is 4.14. The number of carbonyl (C=O) groups is 1. The van der Waals surface area contributed by atoms with Crippen molar-refractivity contribution in [3.8, 4) is 17.2 Å². The molecule has 0 aliphatic carbocycles. The minimum absolute atomic E-state index is 0.186. The highest BCUT2D eigenvalue weighted by Crippen LogP contribution is 2.33. The van der Waals surface area contributed by atoms with Crippen LogP contribution in [0.2, 0.25) is 0 Å². The van der Waals surface area contributed by atoms with E-state index in [2.05, 4.69) is 15.2 Å². The smallest absolute Gasteiger partial charge is 0.273 e. The van der Waals surface area contributed by atoms with E-state index in [1.165, 1.54) is 18.4 Å². The molecule has 0 unspecified atom stereocenters. The number of amides is 1. The molecule has 2 heterocycles. The van der Waals surface area contributed by atoms with Gasteiger partial charge in [-0.05, 0) is 60.0 Å². The summed E-state index contributed by atoms with van der Waals surface area (Å²) in [4.78, 5) is 19.2. The van der Waals surface area contributed by atoms with E-state index >= 15 is 0 Å². The van der Waals surface area contributed by atoms with Crippen LogP contribution in [0.15, 0.2) is 77.4 Å². The molecule has 0 saturated heterocycles. The van der Waals surface area contributed by atoms with Gasteiger partial charge >= 0.3 is 0 Å². The Hall–Kier alpha value is -4.37. The van der Waals surface area contributed by atoms with Crippen molar-refractivity contribution in [2.24, 2.45) is 0 Å². The van der Waals surface area contributed by atoms with Crippen molar-refractivity contribution >= 4 is 5.91 Å². The molecule has 1 aliphatic rings. The van der Waals surface area contributed by atoms with E-state index in [0.717, 1.165) is 33.9 Å². The van der Waals surface area contributed by atoms with Crippen LogP contribution in [0.1, 0.15) is 40.0 Å². The summed E-state index contributed by atoms with van der Waals surface area (Å²) in [5.74, 6) is 2.01. The Morgan fingerprint density at radius 2 is 1.66 bits per heavy atom. The van der Waals surface area contributed by atoms with Crippen LogP contribution in [0.4, 0.5) is 4.39 Å². The van der Waals surface area contributed by atoms with Crippen LogP contribution in [0, 0.1) is 5.82 Å². The van der Waals surface area contributed by atoms with E-state index in [0.29, 0.717) is 32.1 Å². The normalized spacial score (nSPS) is 12.1. The highest BCUT2D eigenvalue weighted by atomic mass is 19.1. The first-order valence-corrected chi connectivity index (χ1v) is 12.4. The molecule has 196 valence electrons. The standard InChI is InChI=1S/C29H28FN3O5/c1-2-35-24-10-5-21(6-11-24)15-33(16-22-7-12-26-27(13-22)38-19-37-26)17-28-32-25(18-36-28)29(34)31-14-20-3-8-23(30)9-4-20/h3-13,18H,2,14-17,19H2,1H3,(H,31,34). The third-order valence-corrected chi connectivity index (χ3v) is 5.99. The Morgan fingerprint density at radius 3 is 2.45 bits per heavy atom. The molecule has 1 aliphatic heterocycles. The van der Waals surface area contributed by atoms with Gasteiger partial charge in [0.05, 0.1) is 13.2 Å². The Balaban J connectivity index is 1.27. The Bertz CT molecular complexity index is 1370. The van der Waals surface area contributed by atoms with Gasteiger partial charge in [-0.3, -0.25) is 9.69 Å². The Labute approximate surface area is 220 Å². The molecule has 0 bridgehead atoms. The summed E-state index contributed by atoms with van der Waals surface area (Å²) >= 11 is 0. The molecule has 8 nitrogen and oxygen atoms in total. The lowest BCUT2D eigenvalue weighted by Crippen LogP contribution is -2.24. The quantitative estimate of drug-likeness (QED) is 0.297. The minimum atomic E-state index is -0.363. The monoisotopic (exact) mass is 517 g/mol. The van der Waals surface area contributed by atoms with Crippen molar-refractivity contribution in [3.05, 3.63) is 107 Å². The van der Waals surface area contributed by atoms with E-state index in [1.807, 2.05) is 49.4 Å². The van der Waals surface area contributed by atoms with E-state index in [-0.39, 0.29) is 30.8 Å². The summed E-state index contributed by atoms with van der Waals surface area (Å²) < 4.78 is 35.3. The second kappa shape index (κ2) is 11.8.